The number of halogens is 4. The summed E-state index contributed by atoms with van der Waals surface area (Å²) >= 11 is -3.00. The second-order valence-electron chi connectivity index (χ2n) is 0.258. The fourth-order valence-electron chi connectivity index (χ4n) is 0. The number of rotatable bonds is 0. The Morgan fingerprint density at radius 2 is 0.556 bits per heavy atom. The van der Waals surface area contributed by atoms with Crippen molar-refractivity contribution in [3.63, 3.8) is 0 Å². The van der Waals surface area contributed by atoms with Gasteiger partial charge in [0.25, 0.3) is 0 Å². The van der Waals surface area contributed by atoms with Crippen molar-refractivity contribution in [1.82, 2.24) is 0 Å². The molecular formula is H8AuCl4O4. The van der Waals surface area contributed by atoms with Crippen molar-refractivity contribution >= 4 is 36.8 Å². The average Bonchev–Trinajstić information content (AvgIpc) is 0.722. The van der Waals surface area contributed by atoms with E-state index in [1.165, 1.54) is 0 Å². The molecule has 8 N–H and O–H groups in total. The van der Waals surface area contributed by atoms with E-state index in [0.29, 0.717) is 0 Å². The van der Waals surface area contributed by atoms with Gasteiger partial charge in [-0.05, 0) is 0 Å². The van der Waals surface area contributed by atoms with Crippen LogP contribution in [0.1, 0.15) is 0 Å². The minimum absolute atomic E-state index is 0. The van der Waals surface area contributed by atoms with E-state index < -0.39 is 12.8 Å². The second-order valence-corrected chi connectivity index (χ2v) is 19.0. The molecule has 0 heterocycles. The van der Waals surface area contributed by atoms with Gasteiger partial charge in [-0.25, -0.2) is 0 Å². The Kier molecular flexibility index (Phi) is 42.7. The van der Waals surface area contributed by atoms with Crippen LogP contribution in [0.15, 0.2) is 0 Å². The summed E-state index contributed by atoms with van der Waals surface area (Å²) in [5.74, 6) is 0. The SMILES string of the molecule is O.O.O.O.[Cl][Au]([Cl])([Cl])[Cl]. The van der Waals surface area contributed by atoms with Gasteiger partial charge in [-0.2, -0.15) is 0 Å². The summed E-state index contributed by atoms with van der Waals surface area (Å²) in [5, 5.41) is 0. The first-order chi connectivity index (χ1) is 2.00. The standard InChI is InChI=1S/Au.4ClH.4H2O/h;4*1H;4*1H2/q+4;;;;;;;;/p-4. The fourth-order valence-corrected chi connectivity index (χ4v) is 0. The van der Waals surface area contributed by atoms with Crippen molar-refractivity contribution in [2.45, 2.75) is 0 Å². The zero-order valence-corrected chi connectivity index (χ0v) is 9.00. The zero-order valence-electron chi connectivity index (χ0n) is 3.81. The maximum absolute atomic E-state index is 5.00. The topological polar surface area (TPSA) is 126 Å². The molecule has 0 aromatic rings. The summed E-state index contributed by atoms with van der Waals surface area (Å²) in [4.78, 5) is 0. The van der Waals surface area contributed by atoms with Crippen molar-refractivity contribution in [3.05, 3.63) is 0 Å². The first-order valence-electron chi connectivity index (χ1n) is 0.456. The molecule has 4 nitrogen and oxygen atoms in total. The summed E-state index contributed by atoms with van der Waals surface area (Å²) in [5.41, 5.74) is 0. The maximum atomic E-state index is 5.00. The fraction of sp³-hybridized carbons (Fsp3) is 0. The van der Waals surface area contributed by atoms with E-state index in [4.69, 9.17) is 36.8 Å². The Bertz CT molecular complexity index is 28.0. The van der Waals surface area contributed by atoms with Crippen molar-refractivity contribution in [1.29, 1.82) is 0 Å². The molecule has 0 atom stereocenters. The van der Waals surface area contributed by atoms with Gasteiger partial charge >= 0.3 is 49.6 Å². The molecule has 0 aromatic heterocycles. The van der Waals surface area contributed by atoms with E-state index in [2.05, 4.69) is 0 Å². The van der Waals surface area contributed by atoms with Gasteiger partial charge in [0, 0.05) is 0 Å². The third-order valence-corrected chi connectivity index (χ3v) is 0. The minimum atomic E-state index is -3.00. The molecule has 0 aromatic carbocycles. The molecule has 0 fully saturated rings. The van der Waals surface area contributed by atoms with E-state index in [1.54, 1.807) is 0 Å². The van der Waals surface area contributed by atoms with Gasteiger partial charge in [0.1, 0.15) is 0 Å². The van der Waals surface area contributed by atoms with Crippen LogP contribution in [-0.2, 0) is 12.8 Å². The molecule has 0 aliphatic rings. The van der Waals surface area contributed by atoms with E-state index >= 15 is 0 Å². The summed E-state index contributed by atoms with van der Waals surface area (Å²) in [6.45, 7) is 0. The van der Waals surface area contributed by atoms with Crippen LogP contribution in [0.25, 0.3) is 0 Å². The summed E-state index contributed by atoms with van der Waals surface area (Å²) in [7, 11) is 20.0. The molecule has 0 radical (unpaired) electrons. The summed E-state index contributed by atoms with van der Waals surface area (Å²) in [6.07, 6.45) is 0. The van der Waals surface area contributed by atoms with Crippen LogP contribution in [0.5, 0.6) is 0 Å². The molecule has 71 valence electrons. The van der Waals surface area contributed by atoms with Crippen LogP contribution in [0.2, 0.25) is 0 Å². The van der Waals surface area contributed by atoms with Gasteiger partial charge in [0.05, 0.1) is 0 Å². The van der Waals surface area contributed by atoms with Crippen LogP contribution in [0, 0.1) is 0 Å². The number of hydrogen-bond acceptors (Lipinski definition) is 0. The van der Waals surface area contributed by atoms with E-state index in [1.807, 2.05) is 0 Å². The van der Waals surface area contributed by atoms with Crippen molar-refractivity contribution in [3.8, 4) is 0 Å². The first kappa shape index (κ1) is 30.9. The molecule has 0 unspecified atom stereocenters. The van der Waals surface area contributed by atoms with Crippen LogP contribution >= 0.6 is 36.8 Å². The first-order valence-corrected chi connectivity index (χ1v) is 11.2. The van der Waals surface area contributed by atoms with E-state index in [9.17, 15) is 0 Å². The van der Waals surface area contributed by atoms with Crippen molar-refractivity contribution < 1.29 is 34.7 Å². The Balaban J connectivity index is -0.0000000133. The van der Waals surface area contributed by atoms with Gasteiger partial charge < -0.3 is 21.9 Å². The predicted molar refractivity (Wildman–Crippen MR) is 37.9 cm³/mol. The van der Waals surface area contributed by atoms with Gasteiger partial charge in [0.2, 0.25) is 0 Å². The van der Waals surface area contributed by atoms with Crippen LogP contribution in [-0.4, -0.2) is 21.9 Å². The zero-order chi connectivity index (χ0) is 4.50. The molecule has 0 aliphatic heterocycles. The Morgan fingerprint density at radius 3 is 0.556 bits per heavy atom. The van der Waals surface area contributed by atoms with Gasteiger partial charge in [-0.15, -0.1) is 0 Å². The molecule has 0 saturated heterocycles. The van der Waals surface area contributed by atoms with E-state index in [-0.39, 0.29) is 21.9 Å². The summed E-state index contributed by atoms with van der Waals surface area (Å²) in [6, 6.07) is 0. The monoisotopic (exact) mass is 409 g/mol. The second kappa shape index (κ2) is 12.4. The Hall–Kier alpha value is 1.74. The molecule has 9 heavy (non-hydrogen) atoms. The van der Waals surface area contributed by atoms with Crippen LogP contribution < -0.4 is 0 Å². The van der Waals surface area contributed by atoms with Gasteiger partial charge in [-0.1, -0.05) is 0 Å². The molecular weight excluding hydrogens is 403 g/mol. The van der Waals surface area contributed by atoms with Gasteiger partial charge in [0.15, 0.2) is 0 Å². The quantitative estimate of drug-likeness (QED) is 0.475. The van der Waals surface area contributed by atoms with Gasteiger partial charge in [-0.3, -0.25) is 0 Å². The van der Waals surface area contributed by atoms with Crippen molar-refractivity contribution in [2.24, 2.45) is 0 Å². The normalized spacial score (nSPS) is 8.44. The molecule has 0 saturated carbocycles. The third kappa shape index (κ3) is 193. The van der Waals surface area contributed by atoms with E-state index in [0.717, 1.165) is 0 Å². The Labute approximate surface area is 71.1 Å². The average molecular weight is 411 g/mol. The molecule has 9 heteroatoms. The molecule has 0 amide bonds. The molecule has 0 bridgehead atoms. The molecule has 0 aliphatic carbocycles. The Morgan fingerprint density at radius 1 is 0.556 bits per heavy atom. The number of hydrogen-bond donors (Lipinski definition) is 0. The summed E-state index contributed by atoms with van der Waals surface area (Å²) < 4.78 is 0. The third-order valence-electron chi connectivity index (χ3n) is 0. The predicted octanol–water partition coefficient (Wildman–Crippen LogP) is -0.543. The van der Waals surface area contributed by atoms with Crippen LogP contribution in [0.3, 0.4) is 0 Å². The molecule has 0 spiro atoms. The van der Waals surface area contributed by atoms with Crippen molar-refractivity contribution in [2.75, 3.05) is 0 Å². The molecule has 0 rings (SSSR count). The van der Waals surface area contributed by atoms with Crippen LogP contribution in [0.4, 0.5) is 0 Å².